The standard InChI is InChI=1S/C8H14N2O.Re/c11-8-2-1-6-5-9-4-3-7(6)10-8;/h6-7,9H,1-5H2,(H,10,11);/p-1. The topological polar surface area (TPSA) is 43.2 Å². The molecule has 2 rings (SSSR count). The van der Waals surface area contributed by atoms with E-state index < -0.39 is 0 Å². The fourth-order valence-corrected chi connectivity index (χ4v) is 1.93. The van der Waals surface area contributed by atoms with Gasteiger partial charge in [0.1, 0.15) is 0 Å². The number of rotatable bonds is 0. The van der Waals surface area contributed by atoms with Crippen molar-refractivity contribution in [3.63, 3.8) is 0 Å². The number of hydrogen-bond donors (Lipinski definition) is 1. The number of piperidine rings is 2. The van der Waals surface area contributed by atoms with E-state index in [1.54, 1.807) is 0 Å². The molecule has 0 aliphatic carbocycles. The van der Waals surface area contributed by atoms with Crippen molar-refractivity contribution in [3.8, 4) is 0 Å². The summed E-state index contributed by atoms with van der Waals surface area (Å²) >= 11 is 0. The van der Waals surface area contributed by atoms with Crippen molar-refractivity contribution in [1.29, 1.82) is 0 Å². The zero-order valence-electron chi connectivity index (χ0n) is 6.92. The van der Waals surface area contributed by atoms with Crippen LogP contribution in [0, 0.1) is 5.92 Å². The van der Waals surface area contributed by atoms with E-state index in [-0.39, 0.29) is 26.3 Å². The maximum absolute atomic E-state index is 10.9. The van der Waals surface area contributed by atoms with Crippen LogP contribution in [0.15, 0.2) is 0 Å². The maximum Gasteiger partial charge on any atom is 0.0513 e. The summed E-state index contributed by atoms with van der Waals surface area (Å²) in [6, 6.07) is 0.345. The summed E-state index contributed by atoms with van der Waals surface area (Å²) < 4.78 is 0. The molecule has 1 N–H and O–H groups in total. The van der Waals surface area contributed by atoms with Crippen LogP contribution in [-0.2, 0) is 25.2 Å². The summed E-state index contributed by atoms with van der Waals surface area (Å²) in [6.45, 7) is 2.08. The summed E-state index contributed by atoms with van der Waals surface area (Å²) in [5.41, 5.74) is 0. The number of nitrogens with one attached hydrogen (secondary N) is 1. The Balaban J connectivity index is 0.000000720. The molecular weight excluding hydrogens is 326 g/mol. The van der Waals surface area contributed by atoms with Crippen molar-refractivity contribution in [2.75, 3.05) is 13.1 Å². The minimum atomic E-state index is 0. The Labute approximate surface area is 86.3 Å². The molecule has 0 aromatic heterocycles. The molecule has 2 heterocycles. The Morgan fingerprint density at radius 2 is 2.25 bits per heavy atom. The zero-order chi connectivity index (χ0) is 7.68. The van der Waals surface area contributed by atoms with Gasteiger partial charge in [-0.3, -0.25) is 0 Å². The smallest absolute Gasteiger partial charge is 0.0513 e. The van der Waals surface area contributed by atoms with E-state index >= 15 is 0 Å². The average Bonchev–Trinajstić information content (AvgIpc) is 2.04. The SMILES string of the molecule is O=C1CCC2CNCCC2[N-]1.[Re]. The summed E-state index contributed by atoms with van der Waals surface area (Å²) in [7, 11) is 0. The molecule has 0 spiro atoms. The molecule has 0 aromatic carbocycles. The van der Waals surface area contributed by atoms with Crippen LogP contribution in [0.4, 0.5) is 0 Å². The van der Waals surface area contributed by atoms with Crippen LogP contribution in [0.1, 0.15) is 19.3 Å². The van der Waals surface area contributed by atoms with Crippen molar-refractivity contribution < 1.29 is 25.2 Å². The molecule has 0 bridgehead atoms. The zero-order valence-corrected chi connectivity index (χ0v) is 9.64. The fourth-order valence-electron chi connectivity index (χ4n) is 1.93. The van der Waals surface area contributed by atoms with E-state index in [1.165, 1.54) is 0 Å². The molecule has 12 heavy (non-hydrogen) atoms. The van der Waals surface area contributed by atoms with E-state index in [9.17, 15) is 4.79 Å². The van der Waals surface area contributed by atoms with Crippen LogP contribution < -0.4 is 5.32 Å². The molecule has 2 aliphatic rings. The number of nitrogens with zero attached hydrogens (tertiary/aromatic N) is 1. The third-order valence-corrected chi connectivity index (χ3v) is 2.61. The van der Waals surface area contributed by atoms with Gasteiger partial charge in [0.15, 0.2) is 0 Å². The van der Waals surface area contributed by atoms with Crippen LogP contribution in [-0.4, -0.2) is 25.0 Å². The number of amides is 1. The normalized spacial score (nSPS) is 34.5. The maximum atomic E-state index is 10.9. The molecule has 1 amide bonds. The van der Waals surface area contributed by atoms with Crippen molar-refractivity contribution in [2.45, 2.75) is 25.3 Å². The molecular formula is C8H13N2ORe-. The van der Waals surface area contributed by atoms with Gasteiger partial charge >= 0.3 is 0 Å². The van der Waals surface area contributed by atoms with Gasteiger partial charge in [0.25, 0.3) is 0 Å². The van der Waals surface area contributed by atoms with E-state index in [0.717, 1.165) is 25.9 Å². The third kappa shape index (κ3) is 2.07. The van der Waals surface area contributed by atoms with Crippen LogP contribution in [0.2, 0.25) is 0 Å². The Morgan fingerprint density at radius 1 is 1.42 bits per heavy atom. The third-order valence-electron chi connectivity index (χ3n) is 2.61. The molecule has 1 radical (unpaired) electrons. The summed E-state index contributed by atoms with van der Waals surface area (Å²) in [5, 5.41) is 7.45. The Bertz CT molecular complexity index is 174. The van der Waals surface area contributed by atoms with Crippen LogP contribution >= 0.6 is 0 Å². The van der Waals surface area contributed by atoms with Gasteiger partial charge < -0.3 is 15.4 Å². The molecule has 0 saturated carbocycles. The van der Waals surface area contributed by atoms with Crippen LogP contribution in [0.5, 0.6) is 0 Å². The quantitative estimate of drug-likeness (QED) is 0.704. The molecule has 69 valence electrons. The summed E-state index contributed by atoms with van der Waals surface area (Å²) in [5.74, 6) is 0.759. The first-order valence-electron chi connectivity index (χ1n) is 4.30. The van der Waals surface area contributed by atoms with E-state index in [4.69, 9.17) is 0 Å². The predicted molar refractivity (Wildman–Crippen MR) is 42.4 cm³/mol. The molecule has 2 aliphatic heterocycles. The number of hydrogen-bond acceptors (Lipinski definition) is 2. The van der Waals surface area contributed by atoms with Gasteiger partial charge in [0, 0.05) is 20.4 Å². The van der Waals surface area contributed by atoms with Gasteiger partial charge in [-0.05, 0) is 31.8 Å². The number of carbonyl (C=O) groups excluding carboxylic acids is 1. The van der Waals surface area contributed by atoms with Crippen LogP contribution in [0.25, 0.3) is 5.32 Å². The molecule has 2 fully saturated rings. The predicted octanol–water partition coefficient (Wildman–Crippen LogP) is 0.656. The second kappa shape index (κ2) is 4.36. The summed E-state index contributed by atoms with van der Waals surface area (Å²) in [6.07, 6.45) is 2.76. The number of carbonyl (C=O) groups is 1. The van der Waals surface area contributed by atoms with Gasteiger partial charge in [-0.1, -0.05) is 6.42 Å². The Morgan fingerprint density at radius 3 is 3.08 bits per heavy atom. The molecule has 4 heteroatoms. The minimum Gasteiger partial charge on any atom is -0.650 e. The molecule has 2 unspecified atom stereocenters. The second-order valence-corrected chi connectivity index (χ2v) is 3.38. The van der Waals surface area contributed by atoms with E-state index in [1.807, 2.05) is 0 Å². The largest absolute Gasteiger partial charge is 0.650 e. The van der Waals surface area contributed by atoms with Crippen molar-refractivity contribution >= 4 is 5.91 Å². The van der Waals surface area contributed by atoms with Crippen LogP contribution in [0.3, 0.4) is 0 Å². The first-order chi connectivity index (χ1) is 5.36. The minimum absolute atomic E-state index is 0. The number of fused-ring (bicyclic) bond motifs is 1. The van der Waals surface area contributed by atoms with Gasteiger partial charge in [-0.2, -0.15) is 0 Å². The van der Waals surface area contributed by atoms with Gasteiger partial charge in [0.05, 0.1) is 5.91 Å². The van der Waals surface area contributed by atoms with E-state index in [0.29, 0.717) is 18.4 Å². The average molecular weight is 339 g/mol. The molecule has 2 saturated heterocycles. The Hall–Kier alpha value is 0.0923. The van der Waals surface area contributed by atoms with Crippen molar-refractivity contribution in [2.24, 2.45) is 5.92 Å². The van der Waals surface area contributed by atoms with Crippen molar-refractivity contribution in [3.05, 3.63) is 5.32 Å². The first-order valence-corrected chi connectivity index (χ1v) is 4.30. The summed E-state index contributed by atoms with van der Waals surface area (Å²) in [4.78, 5) is 10.9. The van der Waals surface area contributed by atoms with E-state index in [2.05, 4.69) is 10.6 Å². The first kappa shape index (κ1) is 10.2. The monoisotopic (exact) mass is 340 g/mol. The van der Waals surface area contributed by atoms with Gasteiger partial charge in [-0.15, -0.1) is 6.04 Å². The second-order valence-electron chi connectivity index (χ2n) is 3.38. The van der Waals surface area contributed by atoms with Gasteiger partial charge in [-0.25, -0.2) is 0 Å². The van der Waals surface area contributed by atoms with Crippen molar-refractivity contribution in [1.82, 2.24) is 5.32 Å². The Kier molecular flexibility index (Phi) is 3.70. The molecule has 3 nitrogen and oxygen atoms in total. The molecule has 2 atom stereocenters. The molecule has 0 aromatic rings. The fraction of sp³-hybridized carbons (Fsp3) is 0.875. The van der Waals surface area contributed by atoms with Gasteiger partial charge in [0.2, 0.25) is 0 Å².